The quantitative estimate of drug-likeness (QED) is 0.286. The molecule has 8 aliphatic rings. The average molecular weight is 543 g/mol. The van der Waals surface area contributed by atoms with Crippen LogP contribution in [-0.4, -0.2) is 58.3 Å². The summed E-state index contributed by atoms with van der Waals surface area (Å²) in [6.45, 7) is 15.1. The van der Waals surface area contributed by atoms with Crippen LogP contribution >= 0.6 is 0 Å². The molecule has 216 valence electrons. The molecule has 3 heterocycles. The van der Waals surface area contributed by atoms with E-state index in [9.17, 15) is 15.0 Å². The Morgan fingerprint density at radius 1 is 1.05 bits per heavy atom. The van der Waals surface area contributed by atoms with Gasteiger partial charge in [0.1, 0.15) is 17.8 Å². The molecule has 0 unspecified atom stereocenters. The number of esters is 1. The Morgan fingerprint density at radius 2 is 1.79 bits per heavy atom. The lowest BCUT2D eigenvalue weighted by molar-refractivity contribution is -0.345. The second-order valence-corrected chi connectivity index (χ2v) is 16.1. The summed E-state index contributed by atoms with van der Waals surface area (Å²) in [6, 6.07) is 0. The monoisotopic (exact) mass is 542 g/mol. The average Bonchev–Trinajstić information content (AvgIpc) is 3.67. The molecule has 0 aromatic rings. The van der Waals surface area contributed by atoms with Gasteiger partial charge >= 0.3 is 5.97 Å². The lowest BCUT2D eigenvalue weighted by atomic mass is 9.44. The van der Waals surface area contributed by atoms with Gasteiger partial charge < -0.3 is 29.2 Å². The van der Waals surface area contributed by atoms with Crippen molar-refractivity contribution < 1.29 is 34.0 Å². The molecule has 0 aromatic heterocycles. The molecule has 0 amide bonds. The molecule has 3 spiro atoms. The van der Waals surface area contributed by atoms with E-state index < -0.39 is 17.7 Å². The van der Waals surface area contributed by atoms with E-state index in [0.29, 0.717) is 12.3 Å². The Labute approximate surface area is 232 Å². The normalized spacial score (nSPS) is 63.1. The number of rotatable bonds is 1. The van der Waals surface area contributed by atoms with Crippen molar-refractivity contribution in [2.75, 3.05) is 0 Å². The minimum absolute atomic E-state index is 0.0222. The molecule has 7 nitrogen and oxygen atoms in total. The van der Waals surface area contributed by atoms with Crippen molar-refractivity contribution in [3.8, 4) is 0 Å². The zero-order valence-electron chi connectivity index (χ0n) is 24.6. The van der Waals surface area contributed by atoms with Crippen molar-refractivity contribution in [3.05, 3.63) is 11.6 Å². The largest absolute Gasteiger partial charge is 0.462 e. The molecule has 5 aliphatic carbocycles. The van der Waals surface area contributed by atoms with Crippen LogP contribution in [-0.2, 0) is 23.7 Å². The predicted molar refractivity (Wildman–Crippen MR) is 141 cm³/mol. The molecule has 14 atom stereocenters. The zero-order valence-corrected chi connectivity index (χ0v) is 24.6. The van der Waals surface area contributed by atoms with Gasteiger partial charge in [0, 0.05) is 29.6 Å². The zero-order chi connectivity index (χ0) is 27.8. The van der Waals surface area contributed by atoms with E-state index in [1.54, 1.807) is 12.5 Å². The number of carbonyl (C=O) groups excluding carboxylic acids is 1. The van der Waals surface area contributed by atoms with Crippen molar-refractivity contribution in [1.82, 2.24) is 0 Å². The number of fused-ring (bicyclic) bond motifs is 6. The predicted octanol–water partition coefficient (Wildman–Crippen LogP) is 4.49. The van der Waals surface area contributed by atoms with Gasteiger partial charge in [0.2, 0.25) is 5.79 Å². The second-order valence-electron chi connectivity index (χ2n) is 16.1. The molecule has 7 heteroatoms. The maximum atomic E-state index is 12.7. The van der Waals surface area contributed by atoms with Gasteiger partial charge in [0.25, 0.3) is 0 Å². The number of carbonyl (C=O) groups is 1. The van der Waals surface area contributed by atoms with Crippen LogP contribution in [0, 0.1) is 44.8 Å². The van der Waals surface area contributed by atoms with Gasteiger partial charge in [-0.15, -0.1) is 0 Å². The molecule has 0 radical (unpaired) electrons. The number of hydrogen-bond acceptors (Lipinski definition) is 7. The molecule has 8 rings (SSSR count). The van der Waals surface area contributed by atoms with Gasteiger partial charge in [-0.3, -0.25) is 4.79 Å². The van der Waals surface area contributed by atoms with Gasteiger partial charge in [0.05, 0.1) is 12.2 Å². The maximum Gasteiger partial charge on any atom is 0.302 e. The van der Waals surface area contributed by atoms with Crippen LogP contribution in [0.3, 0.4) is 0 Å². The highest BCUT2D eigenvalue weighted by molar-refractivity contribution is 5.66. The molecule has 4 saturated carbocycles. The van der Waals surface area contributed by atoms with Crippen LogP contribution < -0.4 is 0 Å². The number of aliphatic hydroxyl groups is 2. The van der Waals surface area contributed by atoms with Crippen LogP contribution in [0.2, 0.25) is 0 Å². The number of ether oxygens (including phenoxy) is 4. The molecule has 0 bridgehead atoms. The Balaban J connectivity index is 1.23. The van der Waals surface area contributed by atoms with Crippen LogP contribution in [0.15, 0.2) is 11.6 Å². The third kappa shape index (κ3) is 2.60. The molecular weight excluding hydrogens is 496 g/mol. The summed E-state index contributed by atoms with van der Waals surface area (Å²) in [5, 5.41) is 21.6. The first-order chi connectivity index (χ1) is 18.1. The van der Waals surface area contributed by atoms with Gasteiger partial charge in [-0.2, -0.15) is 0 Å². The number of hydrogen-bond donors (Lipinski definition) is 2. The fraction of sp³-hybridized carbons (Fsp3) is 0.906. The standard InChI is InChI=1S/C32H46O7/c1-16-12-32(24-29(7,38-24)25(35)39-32)37-18-13-27(5)20-9-8-19-26(3,4)21(34)10-11-30(19)15-31(20,30)14-22(36-17(2)33)28(27,6)23(16)18/h9,16,18-19,21-25,34-35H,8,10-15H2,1-7H3/t16-,18+,19+,21+,22-,23+,24-,25+,27+,28-,29-,30-,31+,32-/m1/s1. The first-order valence-electron chi connectivity index (χ1n) is 15.4. The van der Waals surface area contributed by atoms with Crippen LogP contribution in [0.5, 0.6) is 0 Å². The molecule has 2 N–H and O–H groups in total. The van der Waals surface area contributed by atoms with Crippen molar-refractivity contribution in [1.29, 1.82) is 0 Å². The number of aliphatic hydroxyl groups excluding tert-OH is 2. The fourth-order valence-electron chi connectivity index (χ4n) is 12.5. The lowest BCUT2D eigenvalue weighted by Crippen LogP contribution is -2.61. The molecular formula is C32H46O7. The van der Waals surface area contributed by atoms with E-state index in [1.807, 2.05) is 6.92 Å². The summed E-state index contributed by atoms with van der Waals surface area (Å²) in [7, 11) is 0. The summed E-state index contributed by atoms with van der Waals surface area (Å²) in [6.07, 6.45) is 7.18. The number of allylic oxidation sites excluding steroid dienone is 2. The first-order valence-corrected chi connectivity index (χ1v) is 15.4. The highest BCUT2D eigenvalue weighted by Gasteiger charge is 2.85. The van der Waals surface area contributed by atoms with Crippen molar-refractivity contribution in [3.63, 3.8) is 0 Å². The second kappa shape index (κ2) is 6.96. The summed E-state index contributed by atoms with van der Waals surface area (Å²) in [5.41, 5.74) is 0.472. The van der Waals surface area contributed by atoms with E-state index in [0.717, 1.165) is 38.5 Å². The third-order valence-corrected chi connectivity index (χ3v) is 14.4. The van der Waals surface area contributed by atoms with Gasteiger partial charge in [-0.25, -0.2) is 0 Å². The summed E-state index contributed by atoms with van der Waals surface area (Å²) in [4.78, 5) is 12.7. The van der Waals surface area contributed by atoms with Crippen LogP contribution in [0.4, 0.5) is 0 Å². The molecule has 39 heavy (non-hydrogen) atoms. The number of epoxide rings is 1. The van der Waals surface area contributed by atoms with Crippen molar-refractivity contribution in [2.45, 2.75) is 136 Å². The van der Waals surface area contributed by atoms with E-state index in [-0.39, 0.29) is 69.3 Å². The van der Waals surface area contributed by atoms with E-state index in [2.05, 4.69) is 40.7 Å². The van der Waals surface area contributed by atoms with Crippen molar-refractivity contribution >= 4 is 5.97 Å². The smallest absolute Gasteiger partial charge is 0.302 e. The van der Waals surface area contributed by atoms with Crippen molar-refractivity contribution in [2.24, 2.45) is 44.8 Å². The fourth-order valence-corrected chi connectivity index (χ4v) is 12.5. The molecule has 3 saturated heterocycles. The molecule has 3 aliphatic heterocycles. The lowest BCUT2D eigenvalue weighted by Gasteiger charge is -2.62. The van der Waals surface area contributed by atoms with Crippen LogP contribution in [0.1, 0.15) is 93.4 Å². The highest BCUT2D eigenvalue weighted by atomic mass is 16.8. The summed E-state index contributed by atoms with van der Waals surface area (Å²) in [5.74, 6) is -0.249. The minimum atomic E-state index is -0.979. The Kier molecular flexibility index (Phi) is 4.59. The Morgan fingerprint density at radius 3 is 2.44 bits per heavy atom. The third-order valence-electron chi connectivity index (χ3n) is 14.4. The summed E-state index contributed by atoms with van der Waals surface area (Å²) < 4.78 is 25.5. The Bertz CT molecular complexity index is 1200. The topological polar surface area (TPSA) is 97.8 Å². The maximum absolute atomic E-state index is 12.7. The van der Waals surface area contributed by atoms with Gasteiger partial charge in [-0.05, 0) is 74.0 Å². The molecule has 7 fully saturated rings. The minimum Gasteiger partial charge on any atom is -0.462 e. The van der Waals surface area contributed by atoms with Crippen LogP contribution in [0.25, 0.3) is 0 Å². The van der Waals surface area contributed by atoms with E-state index >= 15 is 0 Å². The van der Waals surface area contributed by atoms with E-state index in [1.165, 1.54) is 0 Å². The van der Waals surface area contributed by atoms with Gasteiger partial charge in [-0.1, -0.05) is 46.3 Å². The van der Waals surface area contributed by atoms with Gasteiger partial charge in [0.15, 0.2) is 6.29 Å². The Hall–Kier alpha value is -0.990. The first kappa shape index (κ1) is 25.7. The highest BCUT2D eigenvalue weighted by Crippen LogP contribution is 2.88. The van der Waals surface area contributed by atoms with E-state index in [4.69, 9.17) is 18.9 Å². The molecule has 0 aromatic carbocycles. The summed E-state index contributed by atoms with van der Waals surface area (Å²) >= 11 is 0. The SMILES string of the molecule is CC(=O)O[C@@H]1C[C@@]23C[C@@]24CC[C@H](O)C(C)(C)[C@@H]4CC=C3[C@]2(C)C[C@@H]3O[C@]4(C[C@@H](C)[C@@H]3[C@@]12C)O[C@H](O)[C@]1(C)O[C@@H]41.